The first-order valence-corrected chi connectivity index (χ1v) is 7.73. The summed E-state index contributed by atoms with van der Waals surface area (Å²) >= 11 is 0. The molecule has 1 saturated carbocycles. The van der Waals surface area contributed by atoms with E-state index in [4.69, 9.17) is 5.11 Å². The van der Waals surface area contributed by atoms with Crippen molar-refractivity contribution in [2.45, 2.75) is 70.8 Å². The molecule has 1 aliphatic carbocycles. The van der Waals surface area contributed by atoms with Gasteiger partial charge in [-0.3, -0.25) is 4.79 Å². The highest BCUT2D eigenvalue weighted by Crippen LogP contribution is 2.28. The SMILES string of the molecule is CCC(CCNC(=O)NC1(C)CCCC1)CCC(=O)O. The van der Waals surface area contributed by atoms with Crippen LogP contribution in [0.5, 0.6) is 0 Å². The largest absolute Gasteiger partial charge is 0.481 e. The van der Waals surface area contributed by atoms with Gasteiger partial charge >= 0.3 is 12.0 Å². The van der Waals surface area contributed by atoms with Gasteiger partial charge in [-0.05, 0) is 38.5 Å². The van der Waals surface area contributed by atoms with Crippen molar-refractivity contribution in [2.24, 2.45) is 5.92 Å². The molecule has 3 N–H and O–H groups in total. The summed E-state index contributed by atoms with van der Waals surface area (Å²) in [5.74, 6) is -0.378. The van der Waals surface area contributed by atoms with E-state index >= 15 is 0 Å². The van der Waals surface area contributed by atoms with Crippen LogP contribution < -0.4 is 10.6 Å². The number of hydrogen-bond acceptors (Lipinski definition) is 2. The van der Waals surface area contributed by atoms with Gasteiger partial charge in [0.25, 0.3) is 0 Å². The Morgan fingerprint density at radius 2 is 1.90 bits per heavy atom. The van der Waals surface area contributed by atoms with Gasteiger partial charge in [-0.15, -0.1) is 0 Å². The number of amides is 2. The lowest BCUT2D eigenvalue weighted by atomic mass is 9.97. The van der Waals surface area contributed by atoms with Gasteiger partial charge in [0.05, 0.1) is 0 Å². The minimum absolute atomic E-state index is 0.0441. The first-order chi connectivity index (χ1) is 9.45. The van der Waals surface area contributed by atoms with Crippen LogP contribution in [0, 0.1) is 5.92 Å². The van der Waals surface area contributed by atoms with Crippen LogP contribution in [0.15, 0.2) is 0 Å². The van der Waals surface area contributed by atoms with Crippen molar-refractivity contribution in [3.8, 4) is 0 Å². The third kappa shape index (κ3) is 6.26. The molecule has 1 unspecified atom stereocenters. The molecule has 0 aliphatic heterocycles. The molecule has 1 atom stereocenters. The quantitative estimate of drug-likeness (QED) is 0.641. The average molecular weight is 284 g/mol. The second kappa shape index (κ2) is 8.12. The molecule has 0 radical (unpaired) electrons. The Morgan fingerprint density at radius 3 is 2.45 bits per heavy atom. The first kappa shape index (κ1) is 16.8. The number of aliphatic carboxylic acids is 1. The highest BCUT2D eigenvalue weighted by atomic mass is 16.4. The normalized spacial score (nSPS) is 18.5. The van der Waals surface area contributed by atoms with E-state index < -0.39 is 5.97 Å². The summed E-state index contributed by atoms with van der Waals surface area (Å²) in [5.41, 5.74) is -0.0441. The molecule has 1 rings (SSSR count). The van der Waals surface area contributed by atoms with Crippen molar-refractivity contribution >= 4 is 12.0 Å². The van der Waals surface area contributed by atoms with Gasteiger partial charge in [0, 0.05) is 18.5 Å². The third-order valence-corrected chi connectivity index (χ3v) is 4.30. The number of nitrogens with one attached hydrogen (secondary N) is 2. The van der Waals surface area contributed by atoms with E-state index in [1.165, 1.54) is 12.8 Å². The summed E-state index contributed by atoms with van der Waals surface area (Å²) in [6, 6.07) is -0.0949. The van der Waals surface area contributed by atoms with Crippen LogP contribution in [0.2, 0.25) is 0 Å². The molecule has 5 nitrogen and oxygen atoms in total. The monoisotopic (exact) mass is 284 g/mol. The number of hydrogen-bond donors (Lipinski definition) is 3. The number of carboxylic acids is 1. The summed E-state index contributed by atoms with van der Waals surface area (Å²) in [7, 11) is 0. The van der Waals surface area contributed by atoms with E-state index in [1.54, 1.807) is 0 Å². The molecular weight excluding hydrogens is 256 g/mol. The fourth-order valence-corrected chi connectivity index (χ4v) is 2.87. The number of rotatable bonds is 8. The molecule has 1 aliphatic rings. The summed E-state index contributed by atoms with van der Waals surface area (Å²) in [6.07, 6.45) is 7.17. The van der Waals surface area contributed by atoms with Crippen molar-refractivity contribution in [1.29, 1.82) is 0 Å². The zero-order valence-electron chi connectivity index (χ0n) is 12.7. The third-order valence-electron chi connectivity index (χ3n) is 4.30. The number of carboxylic acid groups (broad SMARTS) is 1. The van der Waals surface area contributed by atoms with E-state index in [2.05, 4.69) is 24.5 Å². The van der Waals surface area contributed by atoms with E-state index in [-0.39, 0.29) is 18.0 Å². The zero-order valence-corrected chi connectivity index (χ0v) is 12.7. The topological polar surface area (TPSA) is 78.4 Å². The molecule has 1 fully saturated rings. The molecule has 0 bridgehead atoms. The summed E-state index contributed by atoms with van der Waals surface area (Å²) in [5, 5.41) is 14.6. The molecule has 0 aromatic rings. The van der Waals surface area contributed by atoms with Crippen LogP contribution in [0.3, 0.4) is 0 Å². The van der Waals surface area contributed by atoms with Gasteiger partial charge < -0.3 is 15.7 Å². The van der Waals surface area contributed by atoms with Gasteiger partial charge in [-0.1, -0.05) is 26.2 Å². The molecule has 0 aromatic carbocycles. The van der Waals surface area contributed by atoms with Crippen LogP contribution in [-0.4, -0.2) is 29.2 Å². The Bertz CT molecular complexity index is 325. The maximum atomic E-state index is 11.8. The van der Waals surface area contributed by atoms with E-state index in [0.717, 1.165) is 25.7 Å². The number of carbonyl (C=O) groups excluding carboxylic acids is 1. The lowest BCUT2D eigenvalue weighted by Crippen LogP contribution is -2.48. The Balaban J connectivity index is 2.18. The fraction of sp³-hybridized carbons (Fsp3) is 0.867. The highest BCUT2D eigenvalue weighted by Gasteiger charge is 2.29. The van der Waals surface area contributed by atoms with Crippen LogP contribution in [0.1, 0.15) is 65.2 Å². The summed E-state index contributed by atoms with van der Waals surface area (Å²) < 4.78 is 0. The number of carbonyl (C=O) groups is 2. The standard InChI is InChI=1S/C15H28N2O3/c1-3-12(6-7-13(18)19)8-11-16-14(20)17-15(2)9-4-5-10-15/h12H,3-11H2,1-2H3,(H,18,19)(H2,16,17,20). The van der Waals surface area contributed by atoms with Crippen molar-refractivity contribution in [3.63, 3.8) is 0 Å². The predicted molar refractivity (Wildman–Crippen MR) is 78.7 cm³/mol. The highest BCUT2D eigenvalue weighted by molar-refractivity contribution is 5.74. The van der Waals surface area contributed by atoms with Crippen molar-refractivity contribution < 1.29 is 14.7 Å². The van der Waals surface area contributed by atoms with Gasteiger partial charge in [-0.25, -0.2) is 4.79 Å². The summed E-state index contributed by atoms with van der Waals surface area (Å²) in [6.45, 7) is 4.77. The van der Waals surface area contributed by atoms with Gasteiger partial charge in [0.2, 0.25) is 0 Å². The second-order valence-electron chi connectivity index (χ2n) is 6.14. The molecule has 5 heteroatoms. The Kier molecular flexibility index (Phi) is 6.82. The van der Waals surface area contributed by atoms with Crippen LogP contribution in [-0.2, 0) is 4.79 Å². The maximum Gasteiger partial charge on any atom is 0.315 e. The van der Waals surface area contributed by atoms with Crippen molar-refractivity contribution in [3.05, 3.63) is 0 Å². The predicted octanol–water partition coefficient (Wildman–Crippen LogP) is 2.90. The minimum atomic E-state index is -0.747. The molecule has 2 amide bonds. The van der Waals surface area contributed by atoms with Crippen LogP contribution >= 0.6 is 0 Å². The lowest BCUT2D eigenvalue weighted by molar-refractivity contribution is -0.137. The Labute approximate surface area is 121 Å². The molecule has 0 heterocycles. The van der Waals surface area contributed by atoms with E-state index in [0.29, 0.717) is 18.9 Å². The summed E-state index contributed by atoms with van der Waals surface area (Å²) in [4.78, 5) is 22.4. The maximum absolute atomic E-state index is 11.8. The van der Waals surface area contributed by atoms with Crippen LogP contribution in [0.4, 0.5) is 4.79 Å². The Hall–Kier alpha value is -1.26. The zero-order chi connectivity index (χ0) is 15.0. The first-order valence-electron chi connectivity index (χ1n) is 7.73. The average Bonchev–Trinajstić information content (AvgIpc) is 2.79. The van der Waals surface area contributed by atoms with Crippen molar-refractivity contribution in [2.75, 3.05) is 6.54 Å². The molecule has 0 spiro atoms. The lowest BCUT2D eigenvalue weighted by Gasteiger charge is -2.25. The van der Waals surface area contributed by atoms with Gasteiger partial charge in [-0.2, -0.15) is 0 Å². The second-order valence-corrected chi connectivity index (χ2v) is 6.14. The van der Waals surface area contributed by atoms with Gasteiger partial charge in [0.1, 0.15) is 0 Å². The molecular formula is C15H28N2O3. The Morgan fingerprint density at radius 1 is 1.25 bits per heavy atom. The smallest absolute Gasteiger partial charge is 0.315 e. The van der Waals surface area contributed by atoms with Gasteiger partial charge in [0.15, 0.2) is 0 Å². The van der Waals surface area contributed by atoms with Crippen LogP contribution in [0.25, 0.3) is 0 Å². The van der Waals surface area contributed by atoms with E-state index in [1.807, 2.05) is 0 Å². The van der Waals surface area contributed by atoms with Crippen molar-refractivity contribution in [1.82, 2.24) is 10.6 Å². The number of urea groups is 1. The molecule has 116 valence electrons. The minimum Gasteiger partial charge on any atom is -0.481 e. The fourth-order valence-electron chi connectivity index (χ4n) is 2.87. The molecule has 20 heavy (non-hydrogen) atoms. The molecule has 0 aromatic heterocycles. The van der Waals surface area contributed by atoms with E-state index in [9.17, 15) is 9.59 Å². The molecule has 0 saturated heterocycles.